The van der Waals surface area contributed by atoms with E-state index in [1.807, 2.05) is 43.0 Å². The average molecular weight is 491 g/mol. The van der Waals surface area contributed by atoms with Gasteiger partial charge in [-0.25, -0.2) is 8.42 Å². The first-order valence-corrected chi connectivity index (χ1v) is 12.6. The van der Waals surface area contributed by atoms with Crippen molar-refractivity contribution in [2.75, 3.05) is 18.0 Å². The molecule has 0 aromatic heterocycles. The lowest BCUT2D eigenvalue weighted by Gasteiger charge is -2.35. The number of carbonyl (C=O) groups excluding carboxylic acids is 1. The zero-order valence-corrected chi connectivity index (χ0v) is 20.0. The van der Waals surface area contributed by atoms with Gasteiger partial charge in [-0.2, -0.15) is 4.31 Å². The molecule has 0 spiro atoms. The summed E-state index contributed by atoms with van der Waals surface area (Å²) in [6.07, 6.45) is 2.22. The molecule has 0 N–H and O–H groups in total. The number of hydrogen-bond donors (Lipinski definition) is 0. The van der Waals surface area contributed by atoms with E-state index in [-0.39, 0.29) is 24.4 Å². The summed E-state index contributed by atoms with van der Waals surface area (Å²) < 4.78 is 29.2. The fraction of sp³-hybridized carbons (Fsp3) is 0.435. The van der Waals surface area contributed by atoms with E-state index >= 15 is 0 Å². The molecule has 2 aliphatic heterocycles. The zero-order valence-electron chi connectivity index (χ0n) is 17.6. The predicted molar refractivity (Wildman–Crippen MR) is 122 cm³/mol. The minimum atomic E-state index is -3.63. The smallest absolute Gasteiger partial charge is 0.243 e. The number of piperidine rings is 1. The molecular formula is C23H27BrN2O3S. The summed E-state index contributed by atoms with van der Waals surface area (Å²) >= 11 is 3.50. The Morgan fingerprint density at radius 1 is 1.13 bits per heavy atom. The second-order valence-electron chi connectivity index (χ2n) is 8.51. The molecule has 160 valence electrons. The Morgan fingerprint density at radius 3 is 2.67 bits per heavy atom. The summed E-state index contributed by atoms with van der Waals surface area (Å²) in [6, 6.07) is 11.6. The maximum absolute atomic E-state index is 13.5. The summed E-state index contributed by atoms with van der Waals surface area (Å²) in [7, 11) is -3.63. The van der Waals surface area contributed by atoms with Crippen molar-refractivity contribution in [2.45, 2.75) is 51.0 Å². The fourth-order valence-corrected chi connectivity index (χ4v) is 6.86. The summed E-state index contributed by atoms with van der Waals surface area (Å²) in [5, 5.41) is 0. The third-order valence-corrected chi connectivity index (χ3v) is 8.69. The lowest BCUT2D eigenvalue weighted by Crippen LogP contribution is -2.48. The van der Waals surface area contributed by atoms with Crippen LogP contribution in [-0.2, 0) is 21.2 Å². The maximum atomic E-state index is 13.5. The number of fused-ring (bicyclic) bond motifs is 1. The van der Waals surface area contributed by atoms with E-state index in [0.717, 1.165) is 33.3 Å². The quantitative estimate of drug-likeness (QED) is 0.638. The molecule has 4 rings (SSSR count). The van der Waals surface area contributed by atoms with Gasteiger partial charge in [-0.3, -0.25) is 4.79 Å². The SMILES string of the molecule is Cc1ccc(C)c(S(=O)(=O)N2CCC[C@H](C(=O)N3c4ccc(Br)cc4C[C@H]3C)C2)c1. The number of nitrogens with zero attached hydrogens (tertiary/aromatic N) is 2. The molecule has 0 aliphatic carbocycles. The van der Waals surface area contributed by atoms with Crippen LogP contribution in [0.4, 0.5) is 5.69 Å². The van der Waals surface area contributed by atoms with Gasteiger partial charge in [-0.1, -0.05) is 28.1 Å². The van der Waals surface area contributed by atoms with E-state index in [1.165, 1.54) is 4.31 Å². The van der Waals surface area contributed by atoms with Gasteiger partial charge in [0.15, 0.2) is 0 Å². The van der Waals surface area contributed by atoms with E-state index in [4.69, 9.17) is 0 Å². The van der Waals surface area contributed by atoms with Crippen molar-refractivity contribution < 1.29 is 13.2 Å². The normalized spacial score (nSPS) is 22.2. The summed E-state index contributed by atoms with van der Waals surface area (Å²) in [5.41, 5.74) is 3.75. The molecule has 0 radical (unpaired) electrons. The number of amides is 1. The summed E-state index contributed by atoms with van der Waals surface area (Å²) in [4.78, 5) is 15.7. The largest absolute Gasteiger partial charge is 0.309 e. The number of halogens is 1. The van der Waals surface area contributed by atoms with Crippen LogP contribution in [0.15, 0.2) is 45.8 Å². The highest BCUT2D eigenvalue weighted by Gasteiger charge is 2.39. The molecule has 2 heterocycles. The topological polar surface area (TPSA) is 57.7 Å². The molecule has 2 aromatic carbocycles. The first-order valence-electron chi connectivity index (χ1n) is 10.4. The van der Waals surface area contributed by atoms with Gasteiger partial charge in [-0.15, -0.1) is 0 Å². The number of benzene rings is 2. The second-order valence-corrected chi connectivity index (χ2v) is 11.3. The van der Waals surface area contributed by atoms with E-state index < -0.39 is 10.0 Å². The Kier molecular flexibility index (Phi) is 5.81. The number of carbonyl (C=O) groups is 1. The molecule has 1 amide bonds. The standard InChI is InChI=1S/C23H27BrN2O3S/c1-15-6-7-16(2)22(11-15)30(28,29)25-10-4-5-18(14-25)23(27)26-17(3)12-19-13-20(24)8-9-21(19)26/h6-9,11,13,17-18H,4-5,10,12,14H2,1-3H3/t17-,18+/m1/s1. The number of hydrogen-bond acceptors (Lipinski definition) is 3. The number of aryl methyl sites for hydroxylation is 2. The average Bonchev–Trinajstić information content (AvgIpc) is 3.04. The maximum Gasteiger partial charge on any atom is 0.243 e. The Morgan fingerprint density at radius 2 is 1.90 bits per heavy atom. The van der Waals surface area contributed by atoms with Gasteiger partial charge >= 0.3 is 0 Å². The van der Waals surface area contributed by atoms with E-state index in [9.17, 15) is 13.2 Å². The molecule has 1 fully saturated rings. The van der Waals surface area contributed by atoms with Crippen LogP contribution in [0.5, 0.6) is 0 Å². The van der Waals surface area contributed by atoms with Gasteiger partial charge in [-0.05, 0) is 81.0 Å². The van der Waals surface area contributed by atoms with Crippen LogP contribution in [0, 0.1) is 19.8 Å². The van der Waals surface area contributed by atoms with Gasteiger partial charge in [0.05, 0.1) is 10.8 Å². The van der Waals surface area contributed by atoms with Crippen molar-refractivity contribution in [3.63, 3.8) is 0 Å². The summed E-state index contributed by atoms with van der Waals surface area (Å²) in [6.45, 7) is 6.47. The van der Waals surface area contributed by atoms with Crippen LogP contribution in [0.25, 0.3) is 0 Å². The van der Waals surface area contributed by atoms with Crippen molar-refractivity contribution in [1.29, 1.82) is 0 Å². The zero-order chi connectivity index (χ0) is 21.6. The lowest BCUT2D eigenvalue weighted by atomic mass is 9.97. The third-order valence-electron chi connectivity index (χ3n) is 6.19. The second kappa shape index (κ2) is 8.09. The molecule has 0 saturated carbocycles. The first-order chi connectivity index (χ1) is 14.2. The van der Waals surface area contributed by atoms with E-state index in [2.05, 4.69) is 28.9 Å². The minimum Gasteiger partial charge on any atom is -0.309 e. The van der Waals surface area contributed by atoms with E-state index in [0.29, 0.717) is 24.3 Å². The van der Waals surface area contributed by atoms with Gasteiger partial charge in [0.1, 0.15) is 0 Å². The predicted octanol–water partition coefficient (Wildman–Crippen LogP) is 4.44. The molecule has 0 bridgehead atoms. The molecule has 1 saturated heterocycles. The van der Waals surface area contributed by atoms with Crippen molar-refractivity contribution in [1.82, 2.24) is 4.31 Å². The molecule has 30 heavy (non-hydrogen) atoms. The van der Waals surface area contributed by atoms with Crippen LogP contribution in [0.3, 0.4) is 0 Å². The van der Waals surface area contributed by atoms with Crippen molar-refractivity contribution in [3.8, 4) is 0 Å². The highest BCUT2D eigenvalue weighted by Crippen LogP contribution is 2.36. The number of rotatable bonds is 3. The first kappa shape index (κ1) is 21.5. The highest BCUT2D eigenvalue weighted by molar-refractivity contribution is 9.10. The summed E-state index contributed by atoms with van der Waals surface area (Å²) in [5.74, 6) is -0.292. The van der Waals surface area contributed by atoms with Crippen LogP contribution in [0.1, 0.15) is 36.5 Å². The number of anilines is 1. The monoisotopic (exact) mass is 490 g/mol. The Labute approximate surface area is 187 Å². The van der Waals surface area contributed by atoms with Gasteiger partial charge in [0.2, 0.25) is 15.9 Å². The van der Waals surface area contributed by atoms with E-state index in [1.54, 1.807) is 6.07 Å². The molecule has 5 nitrogen and oxygen atoms in total. The molecule has 2 aliphatic rings. The number of sulfonamides is 1. The third kappa shape index (κ3) is 3.83. The van der Waals surface area contributed by atoms with Crippen molar-refractivity contribution >= 4 is 37.5 Å². The Hall–Kier alpha value is -1.70. The minimum absolute atomic E-state index is 0.0319. The lowest BCUT2D eigenvalue weighted by molar-refractivity contribution is -0.123. The van der Waals surface area contributed by atoms with Crippen LogP contribution >= 0.6 is 15.9 Å². The van der Waals surface area contributed by atoms with Crippen molar-refractivity contribution in [3.05, 3.63) is 57.6 Å². The molecule has 0 unspecified atom stereocenters. The van der Waals surface area contributed by atoms with Crippen LogP contribution < -0.4 is 4.90 Å². The molecule has 7 heteroatoms. The van der Waals surface area contributed by atoms with Gasteiger partial charge in [0.25, 0.3) is 0 Å². The van der Waals surface area contributed by atoms with Crippen LogP contribution in [0.2, 0.25) is 0 Å². The highest BCUT2D eigenvalue weighted by atomic mass is 79.9. The fourth-order valence-electron chi connectivity index (χ4n) is 4.62. The van der Waals surface area contributed by atoms with Crippen molar-refractivity contribution in [2.24, 2.45) is 5.92 Å². The van der Waals surface area contributed by atoms with Gasteiger partial charge in [0, 0.05) is 29.3 Å². The Balaban J connectivity index is 1.59. The molecule has 2 aromatic rings. The van der Waals surface area contributed by atoms with Crippen LogP contribution in [-0.4, -0.2) is 37.8 Å². The Bertz CT molecular complexity index is 1100. The molecular weight excluding hydrogens is 464 g/mol. The van der Waals surface area contributed by atoms with Gasteiger partial charge < -0.3 is 4.90 Å². The molecule has 2 atom stereocenters.